The molecule has 0 aliphatic carbocycles. The van der Waals surface area contributed by atoms with Gasteiger partial charge in [-0.1, -0.05) is 60.1 Å². The van der Waals surface area contributed by atoms with Crippen molar-refractivity contribution in [3.8, 4) is 16.9 Å². The SMILES string of the molecule is O=C(CC(NC(=O)c1cccc(OCCCNc2ccccn2)c1)c1ccc(-c2ccc(Cl)cc2)cc1)OC(=O)C(F)(F)F. The number of halogens is 4. The van der Waals surface area contributed by atoms with Crippen LogP contribution in [0.15, 0.2) is 97.2 Å². The highest BCUT2D eigenvalue weighted by molar-refractivity contribution is 6.30. The third-order valence-corrected chi connectivity index (χ3v) is 6.51. The van der Waals surface area contributed by atoms with Crippen LogP contribution in [0.3, 0.4) is 0 Å². The van der Waals surface area contributed by atoms with E-state index >= 15 is 0 Å². The number of carbonyl (C=O) groups excluding carboxylic acids is 3. The Morgan fingerprint density at radius 3 is 2.25 bits per heavy atom. The number of carbonyl (C=O) groups is 3. The molecule has 0 fully saturated rings. The number of anilines is 1. The monoisotopic (exact) mass is 625 g/mol. The average molecular weight is 626 g/mol. The highest BCUT2D eigenvalue weighted by atomic mass is 35.5. The molecule has 0 spiro atoms. The highest BCUT2D eigenvalue weighted by Crippen LogP contribution is 2.26. The van der Waals surface area contributed by atoms with Crippen LogP contribution in [0.5, 0.6) is 5.75 Å². The highest BCUT2D eigenvalue weighted by Gasteiger charge is 2.42. The Labute approximate surface area is 256 Å². The van der Waals surface area contributed by atoms with Crippen LogP contribution < -0.4 is 15.4 Å². The second-order valence-electron chi connectivity index (χ2n) is 9.49. The van der Waals surface area contributed by atoms with Gasteiger partial charge in [0.15, 0.2) is 0 Å². The molecule has 8 nitrogen and oxygen atoms in total. The molecule has 2 N–H and O–H groups in total. The van der Waals surface area contributed by atoms with E-state index in [4.69, 9.17) is 16.3 Å². The van der Waals surface area contributed by atoms with Crippen LogP contribution in [0, 0.1) is 0 Å². The zero-order chi connectivity index (χ0) is 31.5. The van der Waals surface area contributed by atoms with Gasteiger partial charge in [-0.25, -0.2) is 9.78 Å². The van der Waals surface area contributed by atoms with Crippen LogP contribution >= 0.6 is 11.6 Å². The summed E-state index contributed by atoms with van der Waals surface area (Å²) in [5, 5.41) is 6.39. The van der Waals surface area contributed by atoms with Crippen molar-refractivity contribution in [1.82, 2.24) is 10.3 Å². The Balaban J connectivity index is 1.43. The van der Waals surface area contributed by atoms with Gasteiger partial charge in [-0.3, -0.25) is 9.59 Å². The number of nitrogens with one attached hydrogen (secondary N) is 2. The lowest BCUT2D eigenvalue weighted by atomic mass is 9.98. The number of ether oxygens (including phenoxy) is 2. The summed E-state index contributed by atoms with van der Waals surface area (Å²) in [7, 11) is 0. The number of alkyl halides is 3. The number of aromatic nitrogens is 1. The molecule has 1 unspecified atom stereocenters. The van der Waals surface area contributed by atoms with Crippen molar-refractivity contribution in [2.75, 3.05) is 18.5 Å². The zero-order valence-corrected chi connectivity index (χ0v) is 23.9. The lowest BCUT2D eigenvalue weighted by Crippen LogP contribution is -2.33. The number of amides is 1. The molecule has 44 heavy (non-hydrogen) atoms. The minimum absolute atomic E-state index is 0.191. The van der Waals surface area contributed by atoms with Crippen molar-refractivity contribution in [3.05, 3.63) is 113 Å². The van der Waals surface area contributed by atoms with Crippen LogP contribution in [-0.4, -0.2) is 42.2 Å². The van der Waals surface area contributed by atoms with Gasteiger partial charge in [-0.05, 0) is 65.6 Å². The number of rotatable bonds is 12. The minimum Gasteiger partial charge on any atom is -0.494 e. The summed E-state index contributed by atoms with van der Waals surface area (Å²) < 4.78 is 47.7. The fourth-order valence-corrected chi connectivity index (χ4v) is 4.21. The van der Waals surface area contributed by atoms with Gasteiger partial charge in [0.25, 0.3) is 5.91 Å². The van der Waals surface area contributed by atoms with Crippen molar-refractivity contribution >= 4 is 35.3 Å². The van der Waals surface area contributed by atoms with E-state index in [9.17, 15) is 27.6 Å². The molecule has 12 heteroatoms. The number of hydrogen-bond donors (Lipinski definition) is 2. The van der Waals surface area contributed by atoms with Crippen LogP contribution in [-0.2, 0) is 14.3 Å². The maximum Gasteiger partial charge on any atom is 0.491 e. The molecule has 0 aliphatic heterocycles. The van der Waals surface area contributed by atoms with Gasteiger partial charge < -0.3 is 20.1 Å². The van der Waals surface area contributed by atoms with Crippen molar-refractivity contribution in [2.24, 2.45) is 0 Å². The lowest BCUT2D eigenvalue weighted by Gasteiger charge is -2.19. The molecule has 0 bridgehead atoms. The molecule has 1 amide bonds. The van der Waals surface area contributed by atoms with Gasteiger partial charge in [-0.15, -0.1) is 0 Å². The summed E-state index contributed by atoms with van der Waals surface area (Å²) in [5.41, 5.74) is 2.24. The molecule has 0 radical (unpaired) electrons. The van der Waals surface area contributed by atoms with Crippen molar-refractivity contribution < 1.29 is 37.0 Å². The number of hydrogen-bond acceptors (Lipinski definition) is 7. The van der Waals surface area contributed by atoms with Gasteiger partial charge >= 0.3 is 18.1 Å². The van der Waals surface area contributed by atoms with Crippen molar-refractivity contribution in [3.63, 3.8) is 0 Å². The first-order chi connectivity index (χ1) is 21.1. The molecular weight excluding hydrogens is 599 g/mol. The summed E-state index contributed by atoms with van der Waals surface area (Å²) in [6.45, 7) is 0.967. The predicted octanol–water partition coefficient (Wildman–Crippen LogP) is 6.78. The van der Waals surface area contributed by atoms with E-state index < -0.39 is 36.5 Å². The second-order valence-corrected chi connectivity index (χ2v) is 9.93. The quantitative estimate of drug-likeness (QED) is 0.102. The topological polar surface area (TPSA) is 107 Å². The van der Waals surface area contributed by atoms with Crippen LogP contribution in [0.1, 0.15) is 34.8 Å². The molecule has 0 aliphatic rings. The molecule has 0 saturated heterocycles. The molecule has 4 rings (SSSR count). The maximum absolute atomic E-state index is 13.2. The van der Waals surface area contributed by atoms with E-state index in [-0.39, 0.29) is 5.56 Å². The van der Waals surface area contributed by atoms with E-state index in [0.29, 0.717) is 35.9 Å². The zero-order valence-electron chi connectivity index (χ0n) is 23.1. The third-order valence-electron chi connectivity index (χ3n) is 6.26. The van der Waals surface area contributed by atoms with Gasteiger partial charge in [0.2, 0.25) is 0 Å². The molecule has 3 aromatic carbocycles. The summed E-state index contributed by atoms with van der Waals surface area (Å²) in [6.07, 6.45) is -3.74. The molecule has 1 heterocycles. The van der Waals surface area contributed by atoms with E-state index in [1.54, 1.807) is 54.7 Å². The Morgan fingerprint density at radius 2 is 1.59 bits per heavy atom. The standard InChI is InChI=1S/C32H27ClF3N3O5/c33-25-14-12-22(13-15-25)21-8-10-23(11-9-21)27(20-29(40)44-31(42)32(34,35)36)39-30(41)24-5-3-6-26(19-24)43-18-4-17-38-28-7-1-2-16-37-28/h1-3,5-16,19,27H,4,17-18,20H2,(H,37,38)(H,39,41). The number of nitrogens with zero attached hydrogens (tertiary/aromatic N) is 1. The van der Waals surface area contributed by atoms with Gasteiger partial charge in [-0.2, -0.15) is 13.2 Å². The largest absolute Gasteiger partial charge is 0.494 e. The number of esters is 2. The first-order valence-electron chi connectivity index (χ1n) is 13.4. The van der Waals surface area contributed by atoms with Crippen molar-refractivity contribution in [2.45, 2.75) is 25.1 Å². The fraction of sp³-hybridized carbons (Fsp3) is 0.188. The normalized spacial score (nSPS) is 11.7. The Hall–Kier alpha value is -4.90. The summed E-state index contributed by atoms with van der Waals surface area (Å²) >= 11 is 5.96. The average Bonchev–Trinajstić information content (AvgIpc) is 3.01. The Bertz CT molecular complexity index is 1570. The third kappa shape index (κ3) is 9.56. The van der Waals surface area contributed by atoms with Crippen LogP contribution in [0.2, 0.25) is 5.02 Å². The number of benzene rings is 3. The Kier molecular flexibility index (Phi) is 10.9. The summed E-state index contributed by atoms with van der Waals surface area (Å²) in [6, 6.07) is 24.5. The maximum atomic E-state index is 13.2. The summed E-state index contributed by atoms with van der Waals surface area (Å²) in [5.74, 6) is -3.53. The first-order valence-corrected chi connectivity index (χ1v) is 13.8. The molecular formula is C32H27ClF3N3O5. The summed E-state index contributed by atoms with van der Waals surface area (Å²) in [4.78, 5) is 40.9. The molecule has 228 valence electrons. The van der Waals surface area contributed by atoms with Crippen molar-refractivity contribution in [1.29, 1.82) is 0 Å². The lowest BCUT2D eigenvalue weighted by molar-refractivity contribution is -0.202. The predicted molar refractivity (Wildman–Crippen MR) is 158 cm³/mol. The molecule has 4 aromatic rings. The van der Waals surface area contributed by atoms with E-state index in [1.165, 1.54) is 12.1 Å². The molecule has 0 saturated carbocycles. The molecule has 1 atom stereocenters. The number of pyridine rings is 1. The fourth-order valence-electron chi connectivity index (χ4n) is 4.09. The van der Waals surface area contributed by atoms with Gasteiger partial charge in [0.05, 0.1) is 19.1 Å². The van der Waals surface area contributed by atoms with E-state index in [2.05, 4.69) is 20.4 Å². The minimum atomic E-state index is -5.34. The second kappa shape index (κ2) is 15.0. The van der Waals surface area contributed by atoms with E-state index in [0.717, 1.165) is 16.9 Å². The smallest absolute Gasteiger partial charge is 0.491 e. The Morgan fingerprint density at radius 1 is 0.886 bits per heavy atom. The van der Waals surface area contributed by atoms with Gasteiger partial charge in [0, 0.05) is 23.3 Å². The van der Waals surface area contributed by atoms with Crippen LogP contribution in [0.25, 0.3) is 11.1 Å². The first kappa shape index (κ1) is 32.0. The molecule has 1 aromatic heterocycles. The van der Waals surface area contributed by atoms with E-state index in [1.807, 2.05) is 30.3 Å². The van der Waals surface area contributed by atoms with Gasteiger partial charge in [0.1, 0.15) is 11.6 Å². The van der Waals surface area contributed by atoms with Crippen LogP contribution in [0.4, 0.5) is 19.0 Å².